The number of esters is 1. The second kappa shape index (κ2) is 10.1. The van der Waals surface area contributed by atoms with E-state index in [1.54, 1.807) is 6.08 Å². The number of hydrogen-bond acceptors (Lipinski definition) is 3. The van der Waals surface area contributed by atoms with Crippen molar-refractivity contribution < 1.29 is 18.8 Å². The number of nitrogens with zero attached hydrogens (tertiary/aromatic N) is 1. The predicted octanol–water partition coefficient (Wildman–Crippen LogP) is 4.08. The number of amides is 1. The number of carbonyl (C=O) groups excluding carboxylic acids is 2. The first-order chi connectivity index (χ1) is 13.2. The summed E-state index contributed by atoms with van der Waals surface area (Å²) in [6.45, 7) is 14.0. The van der Waals surface area contributed by atoms with Crippen LogP contribution in [0.5, 0.6) is 0 Å². The highest BCUT2D eigenvalue weighted by Gasteiger charge is 2.31. The number of allylic oxidation sites excluding steroid dienone is 1. The van der Waals surface area contributed by atoms with Crippen molar-refractivity contribution in [2.24, 2.45) is 5.92 Å². The van der Waals surface area contributed by atoms with Gasteiger partial charge in [-0.15, -0.1) is 0 Å². The van der Waals surface area contributed by atoms with Crippen molar-refractivity contribution in [3.63, 3.8) is 0 Å². The largest absolute Gasteiger partial charge is 0.458 e. The standard InChI is InChI=1S/C24H38N2O3/c1-17(2)19(4)26(8,9)18(3)15-22(27)25-21(23(28)29-24(5,6)7)16-20-13-11-10-12-14-20/h10-15,17,19,21H,16H2,1-9H3/p+1/b18-15+/t19?,21-/m0/s1. The van der Waals surface area contributed by atoms with E-state index in [1.165, 1.54) is 0 Å². The van der Waals surface area contributed by atoms with Gasteiger partial charge >= 0.3 is 5.97 Å². The number of carbonyl (C=O) groups is 2. The Morgan fingerprint density at radius 2 is 1.66 bits per heavy atom. The van der Waals surface area contributed by atoms with Gasteiger partial charge in [0.05, 0.1) is 26.2 Å². The summed E-state index contributed by atoms with van der Waals surface area (Å²) in [4.78, 5) is 25.5. The molecule has 1 N–H and O–H groups in total. The van der Waals surface area contributed by atoms with Crippen LogP contribution in [-0.4, -0.2) is 48.1 Å². The smallest absolute Gasteiger partial charge is 0.329 e. The molecule has 0 heterocycles. The lowest BCUT2D eigenvalue weighted by atomic mass is 10.0. The Labute approximate surface area is 176 Å². The van der Waals surface area contributed by atoms with E-state index in [-0.39, 0.29) is 5.91 Å². The summed E-state index contributed by atoms with van der Waals surface area (Å²) in [7, 11) is 4.19. The predicted molar refractivity (Wildman–Crippen MR) is 118 cm³/mol. The molecule has 0 bridgehead atoms. The summed E-state index contributed by atoms with van der Waals surface area (Å²) >= 11 is 0. The summed E-state index contributed by atoms with van der Waals surface area (Å²) < 4.78 is 6.15. The van der Waals surface area contributed by atoms with Gasteiger partial charge in [-0.1, -0.05) is 44.2 Å². The lowest BCUT2D eigenvalue weighted by Crippen LogP contribution is -2.49. The molecule has 0 spiro atoms. The molecule has 0 radical (unpaired) electrons. The summed E-state index contributed by atoms with van der Waals surface area (Å²) in [5.41, 5.74) is 1.29. The zero-order valence-electron chi connectivity index (χ0n) is 19.6. The average Bonchev–Trinajstić information content (AvgIpc) is 2.59. The molecule has 2 atom stereocenters. The van der Waals surface area contributed by atoms with Gasteiger partial charge in [-0.3, -0.25) is 9.28 Å². The molecule has 29 heavy (non-hydrogen) atoms. The number of nitrogens with one attached hydrogen (secondary N) is 1. The molecule has 1 rings (SSSR count). The summed E-state index contributed by atoms with van der Waals surface area (Å²) in [6.07, 6.45) is 1.98. The molecule has 1 aromatic rings. The summed E-state index contributed by atoms with van der Waals surface area (Å²) in [6, 6.07) is 9.24. The van der Waals surface area contributed by atoms with Gasteiger partial charge < -0.3 is 10.1 Å². The van der Waals surface area contributed by atoms with Crippen molar-refractivity contribution in [3.05, 3.63) is 47.7 Å². The highest BCUT2D eigenvalue weighted by atomic mass is 16.6. The first-order valence-corrected chi connectivity index (χ1v) is 10.3. The maximum absolute atomic E-state index is 12.8. The fourth-order valence-corrected chi connectivity index (χ4v) is 3.05. The Bertz CT molecular complexity index is 715. The third-order valence-corrected chi connectivity index (χ3v) is 5.52. The Kier molecular flexibility index (Phi) is 8.64. The van der Waals surface area contributed by atoms with Crippen LogP contribution in [0.15, 0.2) is 42.1 Å². The van der Waals surface area contributed by atoms with E-state index in [4.69, 9.17) is 4.74 Å². The quantitative estimate of drug-likeness (QED) is 0.404. The average molecular weight is 404 g/mol. The Hall–Kier alpha value is -2.14. The van der Waals surface area contributed by atoms with Crippen molar-refractivity contribution in [3.8, 4) is 0 Å². The van der Waals surface area contributed by atoms with Crippen LogP contribution in [0, 0.1) is 5.92 Å². The first kappa shape index (κ1) is 24.9. The third-order valence-electron chi connectivity index (χ3n) is 5.52. The van der Waals surface area contributed by atoms with Gasteiger partial charge in [0.2, 0.25) is 5.91 Å². The minimum atomic E-state index is -0.744. The molecule has 0 aliphatic heterocycles. The van der Waals surface area contributed by atoms with Gasteiger partial charge in [0.1, 0.15) is 17.3 Å². The maximum atomic E-state index is 12.8. The fourth-order valence-electron chi connectivity index (χ4n) is 3.05. The van der Waals surface area contributed by atoms with Gasteiger partial charge in [0, 0.05) is 19.3 Å². The molecule has 1 unspecified atom stereocenters. The maximum Gasteiger partial charge on any atom is 0.329 e. The lowest BCUT2D eigenvalue weighted by molar-refractivity contribution is -0.880. The molecule has 5 heteroatoms. The van der Waals surface area contributed by atoms with Crippen molar-refractivity contribution in [2.75, 3.05) is 14.1 Å². The molecule has 0 aromatic heterocycles. The first-order valence-electron chi connectivity index (χ1n) is 10.3. The lowest BCUT2D eigenvalue weighted by Gasteiger charge is -2.38. The zero-order chi connectivity index (χ0) is 22.4. The third kappa shape index (κ3) is 8.01. The molecule has 1 amide bonds. The molecule has 1 aromatic carbocycles. The SMILES string of the molecule is C/C(=C\C(=O)N[C@@H](Cc1ccccc1)C(=O)OC(C)(C)C)[N+](C)(C)C(C)C(C)C. The molecule has 0 aliphatic carbocycles. The van der Waals surface area contributed by atoms with Crippen LogP contribution in [0.4, 0.5) is 0 Å². The molecular formula is C24H39N2O3+. The normalized spacial score (nSPS) is 15.0. The molecule has 162 valence electrons. The van der Waals surface area contributed by atoms with Gasteiger partial charge in [-0.05, 0) is 33.3 Å². The van der Waals surface area contributed by atoms with Crippen LogP contribution in [0.3, 0.4) is 0 Å². The van der Waals surface area contributed by atoms with Crippen LogP contribution in [0.25, 0.3) is 0 Å². The van der Waals surface area contributed by atoms with E-state index in [1.807, 2.05) is 58.0 Å². The Morgan fingerprint density at radius 3 is 2.14 bits per heavy atom. The van der Waals surface area contributed by atoms with E-state index in [0.717, 1.165) is 11.3 Å². The van der Waals surface area contributed by atoms with Crippen molar-refractivity contribution in [2.45, 2.75) is 72.6 Å². The van der Waals surface area contributed by atoms with E-state index in [9.17, 15) is 9.59 Å². The van der Waals surface area contributed by atoms with Crippen molar-refractivity contribution >= 4 is 11.9 Å². The zero-order valence-corrected chi connectivity index (χ0v) is 19.6. The highest BCUT2D eigenvalue weighted by molar-refractivity contribution is 5.92. The Balaban J connectivity index is 3.02. The van der Waals surface area contributed by atoms with Crippen LogP contribution >= 0.6 is 0 Å². The highest BCUT2D eigenvalue weighted by Crippen LogP contribution is 2.22. The second-order valence-electron chi connectivity index (χ2n) is 9.59. The monoisotopic (exact) mass is 403 g/mol. The van der Waals surface area contributed by atoms with Gasteiger partial charge in [0.15, 0.2) is 0 Å². The minimum Gasteiger partial charge on any atom is -0.458 e. The molecule has 0 saturated heterocycles. The van der Waals surface area contributed by atoms with E-state index >= 15 is 0 Å². The molecule has 0 aliphatic rings. The van der Waals surface area contributed by atoms with Gasteiger partial charge in [0.25, 0.3) is 0 Å². The molecule has 5 nitrogen and oxygen atoms in total. The number of rotatable bonds is 8. The van der Waals surface area contributed by atoms with Crippen LogP contribution in [0.2, 0.25) is 0 Å². The number of ether oxygens (including phenoxy) is 1. The van der Waals surface area contributed by atoms with E-state index in [2.05, 4.69) is 40.2 Å². The van der Waals surface area contributed by atoms with E-state index < -0.39 is 17.6 Å². The molecule has 0 saturated carbocycles. The van der Waals surface area contributed by atoms with Crippen molar-refractivity contribution in [1.29, 1.82) is 0 Å². The number of quaternary nitrogens is 1. The second-order valence-corrected chi connectivity index (χ2v) is 9.59. The van der Waals surface area contributed by atoms with Gasteiger partial charge in [-0.25, -0.2) is 4.79 Å². The Morgan fingerprint density at radius 1 is 1.10 bits per heavy atom. The summed E-state index contributed by atoms with van der Waals surface area (Å²) in [5.74, 6) is -0.231. The minimum absolute atomic E-state index is 0.281. The molecular weight excluding hydrogens is 364 g/mol. The number of hydrogen-bond donors (Lipinski definition) is 1. The number of benzene rings is 1. The summed E-state index contributed by atoms with van der Waals surface area (Å²) in [5, 5.41) is 2.86. The van der Waals surface area contributed by atoms with Crippen LogP contribution in [-0.2, 0) is 20.7 Å². The van der Waals surface area contributed by atoms with E-state index in [0.29, 0.717) is 22.9 Å². The topological polar surface area (TPSA) is 55.4 Å². The van der Waals surface area contributed by atoms with Crippen LogP contribution in [0.1, 0.15) is 54.0 Å². The fraction of sp³-hybridized carbons (Fsp3) is 0.583. The van der Waals surface area contributed by atoms with Crippen LogP contribution < -0.4 is 5.32 Å². The van der Waals surface area contributed by atoms with Crippen molar-refractivity contribution in [1.82, 2.24) is 5.32 Å². The van der Waals surface area contributed by atoms with Gasteiger partial charge in [-0.2, -0.15) is 0 Å². The molecule has 0 fully saturated rings.